The molecular weight excluding hydrogens is 482 g/mol. The summed E-state index contributed by atoms with van der Waals surface area (Å²) in [5.74, 6) is 0. The van der Waals surface area contributed by atoms with Crippen molar-refractivity contribution in [3.05, 3.63) is 0 Å². The fourth-order valence-electron chi connectivity index (χ4n) is 0. The van der Waals surface area contributed by atoms with Crippen molar-refractivity contribution in [2.45, 2.75) is 0 Å². The molecule has 2 radical (unpaired) electrons. The van der Waals surface area contributed by atoms with E-state index in [0.717, 1.165) is 0 Å². The topological polar surface area (TPSA) is 190 Å². The van der Waals surface area contributed by atoms with Gasteiger partial charge >= 0.3 is 76.4 Å². The molecule has 0 bridgehead atoms. The Balaban J connectivity index is -0.0000000184. The number of carboxylic acid groups (broad SMARTS) is 6. The van der Waals surface area contributed by atoms with Gasteiger partial charge in [0.15, 0.2) is 0 Å². The molecule has 0 aliphatic carbocycles. The van der Waals surface area contributed by atoms with Gasteiger partial charge in [-0.3, -0.25) is 0 Å². The van der Waals surface area contributed by atoms with E-state index >= 15 is 0 Å². The Labute approximate surface area is 143 Å². The molecule has 0 amide bonds. The first kappa shape index (κ1) is 36.2. The summed E-state index contributed by atoms with van der Waals surface area (Å²) in [4.78, 5) is 25.0. The maximum atomic E-state index is 8.33. The monoisotopic (exact) mass is 480 g/mol. The molecule has 0 unspecified atom stereocenters. The maximum Gasteiger partial charge on any atom is 3.00 e. The van der Waals surface area contributed by atoms with Crippen molar-refractivity contribution in [2.24, 2.45) is 0 Å². The molecule has 12 heteroatoms. The van der Waals surface area contributed by atoms with Gasteiger partial charge in [-0.25, -0.2) is 0 Å². The molecule has 15 heavy (non-hydrogen) atoms. The second-order valence-electron chi connectivity index (χ2n) is 0.750. The summed E-state index contributed by atoms with van der Waals surface area (Å²) in [6, 6.07) is 0. The first-order chi connectivity index (χ1) is 5.20. The molecule has 0 rings (SSSR count). The van der Waals surface area contributed by atoms with Crippen LogP contribution in [0.3, 0.4) is 0 Å². The van der Waals surface area contributed by atoms with Gasteiger partial charge in [0.1, 0.15) is 0 Å². The molecule has 0 heterocycles. The third kappa shape index (κ3) is 26500. The minimum atomic E-state index is -2.33. The van der Waals surface area contributed by atoms with Crippen LogP contribution in [0.1, 0.15) is 0 Å². The van der Waals surface area contributed by atoms with E-state index in [0.29, 0.717) is 0 Å². The predicted octanol–water partition coefficient (Wildman–Crippen LogP) is -6.92. The molecule has 9 nitrogen and oxygen atoms in total. The summed E-state index contributed by atoms with van der Waals surface area (Å²) in [6.45, 7) is 0. The fourth-order valence-corrected chi connectivity index (χ4v) is 0. The van der Waals surface area contributed by atoms with E-state index in [1.54, 1.807) is 0 Å². The van der Waals surface area contributed by atoms with Crippen molar-refractivity contribution in [3.8, 4) is 0 Å². The first-order valence-corrected chi connectivity index (χ1v) is 1.84. The molecule has 0 aromatic carbocycles. The van der Waals surface area contributed by atoms with Crippen LogP contribution in [0.25, 0.3) is 0 Å². The average Bonchev–Trinajstić information content (AvgIpc) is 1.54. The van der Waals surface area contributed by atoms with Crippen LogP contribution in [-0.4, -0.2) is 18.5 Å². The van der Waals surface area contributed by atoms with Crippen LogP contribution < -0.4 is 30.6 Å². The summed E-state index contributed by atoms with van der Waals surface area (Å²) >= 11 is 0. The van der Waals surface area contributed by atoms with Crippen LogP contribution in [0.15, 0.2) is 0 Å². The van der Waals surface area contributed by atoms with E-state index in [9.17, 15) is 0 Å². The van der Waals surface area contributed by atoms with Crippen LogP contribution in [0, 0.1) is 76.4 Å². The quantitative estimate of drug-likeness (QED) is 0.323. The predicted molar refractivity (Wildman–Crippen MR) is 17.3 cm³/mol. The van der Waals surface area contributed by atoms with Gasteiger partial charge in [0.25, 0.3) is 0 Å². The Morgan fingerprint density at radius 2 is 0.600 bits per heavy atom. The summed E-state index contributed by atoms with van der Waals surface area (Å²) in [5, 5.41) is 50.0. The van der Waals surface area contributed by atoms with Crippen molar-refractivity contribution in [2.75, 3.05) is 0 Å². The Kier molecular flexibility index (Phi) is 70.5. The van der Waals surface area contributed by atoms with Crippen LogP contribution in [0.4, 0.5) is 19.1 Å². The van der Waals surface area contributed by atoms with Gasteiger partial charge in [0, 0.05) is 4.70 Å². The van der Waals surface area contributed by atoms with Gasteiger partial charge in [-0.2, -0.15) is 0 Å². The number of rotatable bonds is 0. The molecule has 0 N–H and O–H groups in total. The molecule has 0 atom stereocenters. The van der Waals surface area contributed by atoms with E-state index in [4.69, 9.17) is 45.0 Å². The SMILES string of the molecule is O=C([O-])[O-].O=C([O-])[O-].O=C([O-])[O-].[F].[La+3].[Nd+3]. The smallest absolute Gasteiger partial charge is 0.652 e. The molecule has 0 saturated carbocycles. The van der Waals surface area contributed by atoms with Crippen LogP contribution >= 0.6 is 0 Å². The normalized spacial score (nSPS) is 4.80. The van der Waals surface area contributed by atoms with Crippen molar-refractivity contribution in [1.29, 1.82) is 0 Å². The van der Waals surface area contributed by atoms with Gasteiger partial charge in [0.2, 0.25) is 0 Å². The van der Waals surface area contributed by atoms with E-state index < -0.39 is 18.5 Å². The molecule has 0 aromatic rings. The van der Waals surface area contributed by atoms with E-state index in [1.807, 2.05) is 0 Å². The van der Waals surface area contributed by atoms with E-state index in [-0.39, 0.29) is 81.1 Å². The standard InChI is InChI=1S/3CH2O3.F.La.Nd/c3*2-1(3)4;;;/h3*(H2,2,3,4);;;/q;;;;2*+3/p-6. The summed E-state index contributed by atoms with van der Waals surface area (Å²) < 4.78 is 0. The second kappa shape index (κ2) is 29.2. The molecule has 0 spiro atoms. The van der Waals surface area contributed by atoms with Gasteiger partial charge in [-0.15, -0.1) is 0 Å². The zero-order valence-corrected chi connectivity index (χ0v) is 13.5. The molecule has 80 valence electrons. The van der Waals surface area contributed by atoms with Crippen LogP contribution in [0.2, 0.25) is 0 Å². The number of hydrogen-bond donors (Lipinski definition) is 0. The zero-order valence-electron chi connectivity index (χ0n) is 6.63. The van der Waals surface area contributed by atoms with Gasteiger partial charge in [-0.05, 0) is 18.5 Å². The molecule has 0 saturated heterocycles. The van der Waals surface area contributed by atoms with Gasteiger partial charge < -0.3 is 45.0 Å². The molecule has 0 fully saturated rings. The number of halogens is 1. The third-order valence-corrected chi connectivity index (χ3v) is 0. The van der Waals surface area contributed by atoms with Crippen molar-refractivity contribution in [1.82, 2.24) is 0 Å². The molecule has 0 aliphatic rings. The van der Waals surface area contributed by atoms with Crippen LogP contribution in [-0.2, 0) is 0 Å². The summed E-state index contributed by atoms with van der Waals surface area (Å²) in [7, 11) is 0. The second-order valence-corrected chi connectivity index (χ2v) is 0.750. The fraction of sp³-hybridized carbons (Fsp3) is 0. The van der Waals surface area contributed by atoms with E-state index in [2.05, 4.69) is 0 Å². The van der Waals surface area contributed by atoms with Gasteiger partial charge in [-0.1, -0.05) is 0 Å². The largest absolute Gasteiger partial charge is 3.00 e. The minimum absolute atomic E-state index is 0. The Morgan fingerprint density at radius 1 is 0.600 bits per heavy atom. The molecular formula is C3FLaNdO9. The minimum Gasteiger partial charge on any atom is -0.652 e. The molecule has 0 aliphatic heterocycles. The Hall–Kier alpha value is 0.285. The Morgan fingerprint density at radius 3 is 0.600 bits per heavy atom. The van der Waals surface area contributed by atoms with Crippen molar-refractivity contribution < 1.29 is 126 Å². The number of hydrogen-bond acceptors (Lipinski definition) is 9. The maximum absolute atomic E-state index is 8.33. The van der Waals surface area contributed by atoms with Crippen molar-refractivity contribution in [3.63, 3.8) is 0 Å². The molecule has 0 aromatic heterocycles. The number of carbonyl (C=O) groups excluding carboxylic acids is 3. The summed E-state index contributed by atoms with van der Waals surface area (Å²) in [6.07, 6.45) is -7.00. The van der Waals surface area contributed by atoms with Crippen molar-refractivity contribution >= 4 is 18.5 Å². The number of carbonyl (C=O) groups is 3. The van der Waals surface area contributed by atoms with Crippen LogP contribution in [0.5, 0.6) is 0 Å². The summed E-state index contributed by atoms with van der Waals surface area (Å²) in [5.41, 5.74) is 0. The third-order valence-electron chi connectivity index (χ3n) is 0. The first-order valence-electron chi connectivity index (χ1n) is 1.84. The van der Waals surface area contributed by atoms with Gasteiger partial charge in [0.05, 0.1) is 0 Å². The zero-order chi connectivity index (χ0) is 10.7. The van der Waals surface area contributed by atoms with E-state index in [1.165, 1.54) is 0 Å². The average molecular weight is 482 g/mol. The Bertz CT molecular complexity index is 123.